The first kappa shape index (κ1) is 15.5. The average molecular weight is 288 g/mol. The summed E-state index contributed by atoms with van der Waals surface area (Å²) >= 11 is 0. The van der Waals surface area contributed by atoms with Gasteiger partial charge in [0.15, 0.2) is 11.5 Å². The quantitative estimate of drug-likeness (QED) is 0.640. The molecule has 0 aliphatic rings. The van der Waals surface area contributed by atoms with Gasteiger partial charge in [-0.3, -0.25) is 4.79 Å². The molecule has 1 atom stereocenters. The summed E-state index contributed by atoms with van der Waals surface area (Å²) in [6.07, 6.45) is -0.0778. The largest absolute Gasteiger partial charge is 0.504 e. The number of phenols is 1. The summed E-state index contributed by atoms with van der Waals surface area (Å²) in [6.45, 7) is 3.51. The Morgan fingerprint density at radius 1 is 1.37 bits per heavy atom. The second-order valence-electron chi connectivity index (χ2n) is 4.01. The number of rotatable bonds is 6. The molecule has 106 valence electrons. The molecule has 1 N–H and O–H groups in total. The monoisotopic (exact) mass is 288 g/mol. The molecule has 0 aliphatic heterocycles. The van der Waals surface area contributed by atoms with Gasteiger partial charge in [0.05, 0.1) is 13.3 Å². The number of carbonyl (C=O) groups is 1. The summed E-state index contributed by atoms with van der Waals surface area (Å²) in [7, 11) is -0.874. The Bertz CT molecular complexity index is 525. The molecule has 1 aromatic rings. The van der Waals surface area contributed by atoms with Crippen molar-refractivity contribution in [1.29, 1.82) is 0 Å². The van der Waals surface area contributed by atoms with Crippen LogP contribution in [0.4, 0.5) is 0 Å². The van der Waals surface area contributed by atoms with Gasteiger partial charge in [-0.05, 0) is 30.5 Å². The van der Waals surface area contributed by atoms with E-state index in [1.807, 2.05) is 0 Å². The highest BCUT2D eigenvalue weighted by atomic mass is 31.2. The van der Waals surface area contributed by atoms with Gasteiger partial charge < -0.3 is 18.9 Å². The average Bonchev–Trinajstić information content (AvgIpc) is 2.37. The van der Waals surface area contributed by atoms with Crippen molar-refractivity contribution < 1.29 is 28.3 Å². The lowest BCUT2D eigenvalue weighted by Gasteiger charge is -2.17. The second-order valence-corrected chi connectivity index (χ2v) is 6.13. The van der Waals surface area contributed by atoms with Crippen LogP contribution in [-0.4, -0.2) is 25.8 Å². The van der Waals surface area contributed by atoms with Crippen LogP contribution in [0.25, 0.3) is 0 Å². The maximum atomic E-state index is 12.1. The molecule has 1 aromatic carbocycles. The Morgan fingerprint density at radius 3 is 2.47 bits per heavy atom. The van der Waals surface area contributed by atoms with Crippen molar-refractivity contribution in [2.24, 2.45) is 0 Å². The fraction of sp³-hybridized carbons (Fsp3) is 0.417. The van der Waals surface area contributed by atoms with Gasteiger partial charge in [0.2, 0.25) is 0 Å². The number of ether oxygens (including phenoxy) is 1. The molecule has 6 nitrogen and oxygen atoms in total. The summed E-state index contributed by atoms with van der Waals surface area (Å²) < 4.78 is 26.5. The van der Waals surface area contributed by atoms with Crippen molar-refractivity contribution in [3.63, 3.8) is 0 Å². The number of methoxy groups -OCH3 is 1. The number of aryl methyl sites for hydroxylation is 1. The standard InChI is InChI=1S/C12H17O6P/c1-8-5-10(6-19(15,17-4)18-7-13)9(2)12(16-3)11(8)14/h5,7,14H,6H2,1-4H3. The van der Waals surface area contributed by atoms with Crippen molar-refractivity contribution in [3.8, 4) is 11.5 Å². The molecule has 19 heavy (non-hydrogen) atoms. The van der Waals surface area contributed by atoms with E-state index in [-0.39, 0.29) is 18.4 Å². The van der Waals surface area contributed by atoms with E-state index >= 15 is 0 Å². The first-order valence-corrected chi connectivity index (χ1v) is 7.24. The topological polar surface area (TPSA) is 82.1 Å². The van der Waals surface area contributed by atoms with Crippen molar-refractivity contribution in [3.05, 3.63) is 22.8 Å². The van der Waals surface area contributed by atoms with E-state index in [9.17, 15) is 14.5 Å². The third-order valence-electron chi connectivity index (χ3n) is 2.85. The fourth-order valence-electron chi connectivity index (χ4n) is 1.77. The maximum absolute atomic E-state index is 12.1. The van der Waals surface area contributed by atoms with E-state index < -0.39 is 7.60 Å². The molecular weight excluding hydrogens is 271 g/mol. The molecule has 1 rings (SSSR count). The third-order valence-corrected chi connectivity index (χ3v) is 4.54. The second kappa shape index (κ2) is 6.08. The lowest BCUT2D eigenvalue weighted by atomic mass is 10.0. The molecule has 0 heterocycles. The summed E-state index contributed by atoms with van der Waals surface area (Å²) in [6, 6.07) is 1.66. The lowest BCUT2D eigenvalue weighted by Crippen LogP contribution is -2.00. The van der Waals surface area contributed by atoms with Crippen molar-refractivity contribution in [1.82, 2.24) is 0 Å². The zero-order valence-electron chi connectivity index (χ0n) is 11.3. The first-order chi connectivity index (χ1) is 8.88. The van der Waals surface area contributed by atoms with Crippen molar-refractivity contribution >= 4 is 14.1 Å². The van der Waals surface area contributed by atoms with Crippen LogP contribution < -0.4 is 4.74 Å². The zero-order chi connectivity index (χ0) is 14.6. The maximum Gasteiger partial charge on any atom is 0.385 e. The van der Waals surface area contributed by atoms with E-state index in [2.05, 4.69) is 4.52 Å². The Labute approximate surface area is 111 Å². The van der Waals surface area contributed by atoms with Gasteiger partial charge >= 0.3 is 7.60 Å². The molecule has 0 saturated carbocycles. The van der Waals surface area contributed by atoms with Crippen LogP contribution in [0.1, 0.15) is 16.7 Å². The number of benzene rings is 1. The predicted molar refractivity (Wildman–Crippen MR) is 69.6 cm³/mol. The molecule has 0 bridgehead atoms. The zero-order valence-corrected chi connectivity index (χ0v) is 12.2. The fourth-order valence-corrected chi connectivity index (χ4v) is 2.94. The molecule has 0 fully saturated rings. The smallest absolute Gasteiger partial charge is 0.385 e. The van der Waals surface area contributed by atoms with Gasteiger partial charge in [-0.2, -0.15) is 0 Å². The SMILES string of the molecule is COc1c(C)c(CP(=O)(OC)OC=O)cc(C)c1O. The summed E-state index contributed by atoms with van der Waals surface area (Å²) in [5, 5.41) is 9.85. The van der Waals surface area contributed by atoms with Crippen LogP contribution in [0.5, 0.6) is 11.5 Å². The number of hydrogen-bond acceptors (Lipinski definition) is 6. The molecule has 0 aromatic heterocycles. The first-order valence-electron chi connectivity index (χ1n) is 5.51. The number of hydrogen-bond donors (Lipinski definition) is 1. The summed E-state index contributed by atoms with van der Waals surface area (Å²) in [4.78, 5) is 10.4. The van der Waals surface area contributed by atoms with Gasteiger partial charge in [0.1, 0.15) is 0 Å². The van der Waals surface area contributed by atoms with E-state index in [0.29, 0.717) is 22.4 Å². The molecule has 0 saturated heterocycles. The molecule has 0 spiro atoms. The van der Waals surface area contributed by atoms with Gasteiger partial charge in [-0.15, -0.1) is 0 Å². The third kappa shape index (κ3) is 3.28. The van der Waals surface area contributed by atoms with Crippen molar-refractivity contribution in [2.75, 3.05) is 14.2 Å². The molecular formula is C12H17O6P. The van der Waals surface area contributed by atoms with E-state index in [1.54, 1.807) is 19.9 Å². The Hall–Kier alpha value is -1.52. The molecule has 7 heteroatoms. The van der Waals surface area contributed by atoms with Crippen LogP contribution in [0, 0.1) is 13.8 Å². The Morgan fingerprint density at radius 2 is 2.00 bits per heavy atom. The Balaban J connectivity index is 3.25. The normalized spacial score (nSPS) is 13.7. The minimum Gasteiger partial charge on any atom is -0.504 e. The van der Waals surface area contributed by atoms with Gasteiger partial charge in [0.25, 0.3) is 6.47 Å². The van der Waals surface area contributed by atoms with Crippen LogP contribution in [0.3, 0.4) is 0 Å². The number of carbonyl (C=O) groups excluding carboxylic acids is 1. The minimum atomic E-state index is -3.52. The van der Waals surface area contributed by atoms with Crippen LogP contribution >= 0.6 is 7.60 Å². The highest BCUT2D eigenvalue weighted by Gasteiger charge is 2.27. The minimum absolute atomic E-state index is 0.0345. The van der Waals surface area contributed by atoms with Crippen LogP contribution in [0.2, 0.25) is 0 Å². The highest BCUT2D eigenvalue weighted by Crippen LogP contribution is 2.51. The van der Waals surface area contributed by atoms with E-state index in [1.165, 1.54) is 14.2 Å². The van der Waals surface area contributed by atoms with E-state index in [4.69, 9.17) is 9.26 Å². The molecule has 0 radical (unpaired) electrons. The van der Waals surface area contributed by atoms with Crippen LogP contribution in [-0.2, 0) is 24.6 Å². The van der Waals surface area contributed by atoms with E-state index in [0.717, 1.165) is 0 Å². The lowest BCUT2D eigenvalue weighted by molar-refractivity contribution is -0.121. The summed E-state index contributed by atoms with van der Waals surface area (Å²) in [5.41, 5.74) is 1.82. The van der Waals surface area contributed by atoms with Gasteiger partial charge in [-0.25, -0.2) is 4.57 Å². The van der Waals surface area contributed by atoms with Crippen LogP contribution in [0.15, 0.2) is 6.07 Å². The number of aromatic hydroxyl groups is 1. The molecule has 0 amide bonds. The molecule has 0 aliphatic carbocycles. The predicted octanol–water partition coefficient (Wildman–Crippen LogP) is 2.53. The molecule has 1 unspecified atom stereocenters. The van der Waals surface area contributed by atoms with Gasteiger partial charge in [-0.1, -0.05) is 6.07 Å². The van der Waals surface area contributed by atoms with Crippen molar-refractivity contribution in [2.45, 2.75) is 20.0 Å². The van der Waals surface area contributed by atoms with Gasteiger partial charge in [0, 0.05) is 7.11 Å². The summed E-state index contributed by atoms with van der Waals surface area (Å²) in [5.74, 6) is 0.344. The Kier molecular flexibility index (Phi) is 4.97. The number of phenolic OH excluding ortho intramolecular Hbond substituents is 1. The highest BCUT2D eigenvalue weighted by molar-refractivity contribution is 7.53.